The van der Waals surface area contributed by atoms with Crippen molar-refractivity contribution in [1.29, 1.82) is 0 Å². The summed E-state index contributed by atoms with van der Waals surface area (Å²) >= 11 is 0. The summed E-state index contributed by atoms with van der Waals surface area (Å²) in [5.41, 5.74) is 3.70. The second-order valence-electron chi connectivity index (χ2n) is 5.24. The van der Waals surface area contributed by atoms with Gasteiger partial charge in [-0.1, -0.05) is 36.8 Å². The largest absolute Gasteiger partial charge is 0.327 e. The molecule has 1 heterocycles. The maximum absolute atomic E-state index is 12.0. The van der Waals surface area contributed by atoms with Crippen molar-refractivity contribution in [2.24, 2.45) is 0 Å². The van der Waals surface area contributed by atoms with Crippen LogP contribution < -0.4 is 0 Å². The molecule has 0 aliphatic rings. The van der Waals surface area contributed by atoms with Crippen molar-refractivity contribution in [3.8, 4) is 0 Å². The Labute approximate surface area is 120 Å². The van der Waals surface area contributed by atoms with Crippen molar-refractivity contribution in [3.05, 3.63) is 53.6 Å². The first-order valence-corrected chi connectivity index (χ1v) is 7.25. The van der Waals surface area contributed by atoms with Crippen LogP contribution in [0.4, 0.5) is 0 Å². The van der Waals surface area contributed by atoms with Gasteiger partial charge in [-0.2, -0.15) is 0 Å². The maximum Gasteiger partial charge on any atom is 0.152 e. The number of benzene rings is 1. The lowest BCUT2D eigenvalue weighted by molar-refractivity contribution is -0.119. The number of rotatable bonds is 7. The van der Waals surface area contributed by atoms with E-state index in [-0.39, 0.29) is 5.78 Å². The molecular formula is C17H22N2O. The van der Waals surface area contributed by atoms with Crippen LogP contribution in [-0.4, -0.2) is 15.3 Å². The van der Waals surface area contributed by atoms with E-state index in [1.807, 2.05) is 10.8 Å². The fourth-order valence-corrected chi connectivity index (χ4v) is 2.30. The van der Waals surface area contributed by atoms with Gasteiger partial charge in [0.1, 0.15) is 0 Å². The first kappa shape index (κ1) is 14.5. The predicted molar refractivity (Wildman–Crippen MR) is 80.7 cm³/mol. The summed E-state index contributed by atoms with van der Waals surface area (Å²) < 4.78 is 1.95. The van der Waals surface area contributed by atoms with Gasteiger partial charge in [-0.05, 0) is 31.7 Å². The van der Waals surface area contributed by atoms with Crippen LogP contribution >= 0.6 is 0 Å². The third-order valence-electron chi connectivity index (χ3n) is 3.55. The average molecular weight is 270 g/mol. The molecule has 20 heavy (non-hydrogen) atoms. The Morgan fingerprint density at radius 1 is 1.25 bits per heavy atom. The summed E-state index contributed by atoms with van der Waals surface area (Å²) in [6, 6.07) is 8.53. The smallest absolute Gasteiger partial charge is 0.152 e. The van der Waals surface area contributed by atoms with E-state index in [1.165, 1.54) is 11.1 Å². The summed E-state index contributed by atoms with van der Waals surface area (Å²) in [5.74, 6) is 0.282. The van der Waals surface area contributed by atoms with E-state index in [0.29, 0.717) is 13.0 Å². The zero-order valence-electron chi connectivity index (χ0n) is 12.3. The molecule has 0 radical (unpaired) electrons. The highest BCUT2D eigenvalue weighted by molar-refractivity contribution is 5.78. The van der Waals surface area contributed by atoms with E-state index < -0.39 is 0 Å². The van der Waals surface area contributed by atoms with E-state index in [4.69, 9.17) is 0 Å². The van der Waals surface area contributed by atoms with Gasteiger partial charge in [0.05, 0.1) is 12.9 Å². The van der Waals surface area contributed by atoms with E-state index in [9.17, 15) is 4.79 Å². The first-order valence-electron chi connectivity index (χ1n) is 7.25. The molecular weight excluding hydrogens is 248 g/mol. The van der Waals surface area contributed by atoms with Crippen LogP contribution in [0.15, 0.2) is 36.8 Å². The number of nitrogens with zero attached hydrogens (tertiary/aromatic N) is 2. The Bertz CT molecular complexity index is 555. The minimum atomic E-state index is 0.282. The fraction of sp³-hybridized carbons (Fsp3) is 0.412. The minimum absolute atomic E-state index is 0.282. The average Bonchev–Trinajstić information content (AvgIpc) is 2.88. The SMILES string of the molecule is CCc1cncn1CC(=O)CCCc1ccc(C)cc1. The topological polar surface area (TPSA) is 34.9 Å². The molecule has 2 rings (SSSR count). The summed E-state index contributed by atoms with van der Waals surface area (Å²) in [5, 5.41) is 0. The molecule has 1 aromatic carbocycles. The fourth-order valence-electron chi connectivity index (χ4n) is 2.30. The van der Waals surface area contributed by atoms with Crippen LogP contribution in [0.5, 0.6) is 0 Å². The zero-order valence-corrected chi connectivity index (χ0v) is 12.3. The number of Topliss-reactive ketones (excluding diaryl/α,β-unsaturated/α-hetero) is 1. The van der Waals surface area contributed by atoms with Gasteiger partial charge in [-0.15, -0.1) is 0 Å². The molecule has 2 aromatic rings. The van der Waals surface area contributed by atoms with Crippen LogP contribution in [0.1, 0.15) is 36.6 Å². The van der Waals surface area contributed by atoms with Gasteiger partial charge >= 0.3 is 0 Å². The summed E-state index contributed by atoms with van der Waals surface area (Å²) in [6.45, 7) is 4.62. The van der Waals surface area contributed by atoms with Crippen LogP contribution in [-0.2, 0) is 24.2 Å². The Hall–Kier alpha value is -1.90. The standard InChI is InChI=1S/C17H22N2O/c1-3-16-11-18-13-19(16)12-17(20)6-4-5-15-9-7-14(2)8-10-15/h7-11,13H,3-6,12H2,1-2H3. The molecule has 0 aliphatic carbocycles. The van der Waals surface area contributed by atoms with Gasteiger partial charge < -0.3 is 4.57 Å². The molecule has 0 spiro atoms. The van der Waals surface area contributed by atoms with Gasteiger partial charge in [0, 0.05) is 18.3 Å². The molecule has 0 fully saturated rings. The van der Waals surface area contributed by atoms with E-state index in [2.05, 4.69) is 43.1 Å². The van der Waals surface area contributed by atoms with E-state index in [0.717, 1.165) is 25.0 Å². The van der Waals surface area contributed by atoms with Crippen molar-refractivity contribution in [2.75, 3.05) is 0 Å². The van der Waals surface area contributed by atoms with E-state index in [1.54, 1.807) is 6.33 Å². The van der Waals surface area contributed by atoms with Crippen molar-refractivity contribution in [3.63, 3.8) is 0 Å². The molecule has 106 valence electrons. The molecule has 1 aromatic heterocycles. The van der Waals surface area contributed by atoms with Gasteiger partial charge in [0.25, 0.3) is 0 Å². The number of hydrogen-bond acceptors (Lipinski definition) is 2. The lowest BCUT2D eigenvalue weighted by Gasteiger charge is -2.06. The summed E-state index contributed by atoms with van der Waals surface area (Å²) in [6.07, 6.45) is 7.01. The van der Waals surface area contributed by atoms with Crippen LogP contribution in [0, 0.1) is 6.92 Å². The molecule has 0 atom stereocenters. The highest BCUT2D eigenvalue weighted by atomic mass is 16.1. The molecule has 3 heteroatoms. The lowest BCUT2D eigenvalue weighted by Crippen LogP contribution is -2.11. The van der Waals surface area contributed by atoms with Crippen LogP contribution in [0.2, 0.25) is 0 Å². The number of carbonyl (C=O) groups is 1. The van der Waals surface area contributed by atoms with Crippen molar-refractivity contribution in [1.82, 2.24) is 9.55 Å². The predicted octanol–water partition coefficient (Wildman–Crippen LogP) is 3.35. The Morgan fingerprint density at radius 3 is 2.70 bits per heavy atom. The highest BCUT2D eigenvalue weighted by Gasteiger charge is 2.06. The third-order valence-corrected chi connectivity index (χ3v) is 3.55. The number of aryl methyl sites for hydroxylation is 3. The molecule has 3 nitrogen and oxygen atoms in total. The lowest BCUT2D eigenvalue weighted by atomic mass is 10.1. The molecule has 0 aliphatic heterocycles. The number of carbonyl (C=O) groups excluding carboxylic acids is 1. The summed E-state index contributed by atoms with van der Waals surface area (Å²) in [4.78, 5) is 16.1. The Kier molecular flexibility index (Phi) is 5.10. The Balaban J connectivity index is 1.76. The van der Waals surface area contributed by atoms with Crippen LogP contribution in [0.25, 0.3) is 0 Å². The zero-order chi connectivity index (χ0) is 14.4. The van der Waals surface area contributed by atoms with E-state index >= 15 is 0 Å². The quantitative estimate of drug-likeness (QED) is 0.773. The Morgan fingerprint density at radius 2 is 2.00 bits per heavy atom. The molecule has 0 amide bonds. The second-order valence-corrected chi connectivity index (χ2v) is 5.24. The molecule has 0 saturated heterocycles. The number of ketones is 1. The number of aromatic nitrogens is 2. The van der Waals surface area contributed by atoms with Gasteiger partial charge in [0.2, 0.25) is 0 Å². The second kappa shape index (κ2) is 7.04. The number of hydrogen-bond donors (Lipinski definition) is 0. The normalized spacial score (nSPS) is 10.7. The third kappa shape index (κ3) is 4.05. The summed E-state index contributed by atoms with van der Waals surface area (Å²) in [7, 11) is 0. The highest BCUT2D eigenvalue weighted by Crippen LogP contribution is 2.08. The van der Waals surface area contributed by atoms with Gasteiger partial charge in [-0.3, -0.25) is 4.79 Å². The molecule has 0 bridgehead atoms. The van der Waals surface area contributed by atoms with Crippen LogP contribution in [0.3, 0.4) is 0 Å². The van der Waals surface area contributed by atoms with Crippen molar-refractivity contribution >= 4 is 5.78 Å². The molecule has 0 saturated carbocycles. The van der Waals surface area contributed by atoms with Crippen molar-refractivity contribution < 1.29 is 4.79 Å². The number of imidazole rings is 1. The molecule has 0 N–H and O–H groups in total. The maximum atomic E-state index is 12.0. The minimum Gasteiger partial charge on any atom is -0.327 e. The monoisotopic (exact) mass is 270 g/mol. The first-order chi connectivity index (χ1) is 9.69. The molecule has 0 unspecified atom stereocenters. The van der Waals surface area contributed by atoms with Gasteiger partial charge in [0.15, 0.2) is 5.78 Å². The van der Waals surface area contributed by atoms with Gasteiger partial charge in [-0.25, -0.2) is 4.98 Å². The van der Waals surface area contributed by atoms with Crippen molar-refractivity contribution in [2.45, 2.75) is 46.1 Å².